The predicted molar refractivity (Wildman–Crippen MR) is 55.0 cm³/mol. The lowest BCUT2D eigenvalue weighted by atomic mass is 9.96. The highest BCUT2D eigenvalue weighted by molar-refractivity contribution is 7.09. The quantitative estimate of drug-likeness (QED) is 0.734. The molecule has 1 fully saturated rings. The summed E-state index contributed by atoms with van der Waals surface area (Å²) in [6.07, 6.45) is 0. The van der Waals surface area contributed by atoms with E-state index in [-0.39, 0.29) is 5.60 Å². The van der Waals surface area contributed by atoms with Crippen LogP contribution in [0.2, 0.25) is 0 Å². The van der Waals surface area contributed by atoms with Gasteiger partial charge in [-0.15, -0.1) is 11.3 Å². The van der Waals surface area contributed by atoms with Crippen LogP contribution in [0.1, 0.15) is 11.8 Å². The first-order chi connectivity index (χ1) is 6.22. The van der Waals surface area contributed by atoms with Crippen LogP contribution < -0.4 is 0 Å². The SMILES string of the molecule is COC1(C)CN(Cc2cccs2)C1. The lowest BCUT2D eigenvalue weighted by molar-refractivity contribution is -0.114. The molecule has 1 aromatic rings. The van der Waals surface area contributed by atoms with Crippen molar-refractivity contribution in [2.45, 2.75) is 19.1 Å². The van der Waals surface area contributed by atoms with E-state index in [1.54, 1.807) is 7.11 Å². The van der Waals surface area contributed by atoms with E-state index in [4.69, 9.17) is 4.74 Å². The molecule has 3 heteroatoms. The average molecular weight is 197 g/mol. The molecule has 0 aliphatic carbocycles. The second kappa shape index (κ2) is 3.40. The van der Waals surface area contributed by atoms with E-state index in [9.17, 15) is 0 Å². The number of thiophene rings is 1. The van der Waals surface area contributed by atoms with Crippen LogP contribution in [0.25, 0.3) is 0 Å². The molecule has 2 nitrogen and oxygen atoms in total. The molecule has 0 atom stereocenters. The second-order valence-corrected chi connectivity index (χ2v) is 4.91. The summed E-state index contributed by atoms with van der Waals surface area (Å²) >= 11 is 1.83. The van der Waals surface area contributed by atoms with Gasteiger partial charge in [0.25, 0.3) is 0 Å². The van der Waals surface area contributed by atoms with E-state index in [1.807, 2.05) is 11.3 Å². The zero-order valence-electron chi connectivity index (χ0n) is 8.12. The Morgan fingerprint density at radius 2 is 2.38 bits per heavy atom. The molecule has 0 aromatic carbocycles. The topological polar surface area (TPSA) is 12.5 Å². The van der Waals surface area contributed by atoms with Crippen molar-refractivity contribution >= 4 is 11.3 Å². The Kier molecular flexibility index (Phi) is 2.41. The largest absolute Gasteiger partial charge is 0.376 e. The Bertz CT molecular complexity index is 264. The summed E-state index contributed by atoms with van der Waals surface area (Å²) in [4.78, 5) is 3.85. The van der Waals surface area contributed by atoms with E-state index >= 15 is 0 Å². The molecule has 1 aliphatic rings. The van der Waals surface area contributed by atoms with Gasteiger partial charge in [0.05, 0.1) is 5.60 Å². The minimum Gasteiger partial charge on any atom is -0.376 e. The number of likely N-dealkylation sites (tertiary alicyclic amines) is 1. The van der Waals surface area contributed by atoms with Crippen LogP contribution in [0, 0.1) is 0 Å². The van der Waals surface area contributed by atoms with Gasteiger partial charge in [-0.05, 0) is 18.4 Å². The molecular weight excluding hydrogens is 182 g/mol. The van der Waals surface area contributed by atoms with Crippen molar-refractivity contribution in [2.75, 3.05) is 20.2 Å². The van der Waals surface area contributed by atoms with Gasteiger partial charge in [0, 0.05) is 31.6 Å². The molecule has 13 heavy (non-hydrogen) atoms. The maximum absolute atomic E-state index is 5.38. The molecule has 0 N–H and O–H groups in total. The van der Waals surface area contributed by atoms with E-state index in [0.29, 0.717) is 0 Å². The third-order valence-electron chi connectivity index (χ3n) is 2.57. The highest BCUT2D eigenvalue weighted by Crippen LogP contribution is 2.26. The third-order valence-corrected chi connectivity index (χ3v) is 3.43. The van der Waals surface area contributed by atoms with Gasteiger partial charge < -0.3 is 4.74 Å². The summed E-state index contributed by atoms with van der Waals surface area (Å²) in [5.74, 6) is 0. The van der Waals surface area contributed by atoms with Gasteiger partial charge in [-0.25, -0.2) is 0 Å². The zero-order chi connectivity index (χ0) is 9.31. The van der Waals surface area contributed by atoms with Crippen LogP contribution in [0.4, 0.5) is 0 Å². The highest BCUT2D eigenvalue weighted by Gasteiger charge is 2.38. The number of ether oxygens (including phenoxy) is 1. The summed E-state index contributed by atoms with van der Waals surface area (Å²) in [5, 5.41) is 2.13. The Labute approximate surface area is 83.1 Å². The van der Waals surface area contributed by atoms with Crippen molar-refractivity contribution in [3.63, 3.8) is 0 Å². The molecule has 0 spiro atoms. The first-order valence-electron chi connectivity index (χ1n) is 4.52. The molecule has 0 amide bonds. The number of hydrogen-bond donors (Lipinski definition) is 0. The van der Waals surface area contributed by atoms with E-state index in [1.165, 1.54) is 4.88 Å². The molecule has 1 saturated heterocycles. The fraction of sp³-hybridized carbons (Fsp3) is 0.600. The minimum absolute atomic E-state index is 0.108. The van der Waals surface area contributed by atoms with Crippen LogP contribution in [-0.4, -0.2) is 30.7 Å². The Hall–Kier alpha value is -0.380. The summed E-state index contributed by atoms with van der Waals surface area (Å²) in [7, 11) is 1.79. The number of hydrogen-bond acceptors (Lipinski definition) is 3. The Balaban J connectivity index is 1.82. The number of nitrogens with zero attached hydrogens (tertiary/aromatic N) is 1. The standard InChI is InChI=1S/C10H15NOS/c1-10(12-2)7-11(8-10)6-9-4-3-5-13-9/h3-5H,6-8H2,1-2H3. The van der Waals surface area contributed by atoms with Crippen molar-refractivity contribution in [3.8, 4) is 0 Å². The van der Waals surface area contributed by atoms with Crippen LogP contribution >= 0.6 is 11.3 Å². The van der Waals surface area contributed by atoms with Gasteiger partial charge in [-0.1, -0.05) is 6.07 Å². The van der Waals surface area contributed by atoms with Gasteiger partial charge in [0.15, 0.2) is 0 Å². The molecule has 2 heterocycles. The maximum Gasteiger partial charge on any atom is 0.0903 e. The van der Waals surface area contributed by atoms with Crippen molar-refractivity contribution in [3.05, 3.63) is 22.4 Å². The van der Waals surface area contributed by atoms with Gasteiger partial charge in [-0.3, -0.25) is 4.90 Å². The Morgan fingerprint density at radius 3 is 2.92 bits per heavy atom. The monoisotopic (exact) mass is 197 g/mol. The fourth-order valence-corrected chi connectivity index (χ4v) is 2.51. The van der Waals surface area contributed by atoms with Crippen LogP contribution in [0.5, 0.6) is 0 Å². The molecule has 0 unspecified atom stereocenters. The third kappa shape index (κ3) is 1.93. The van der Waals surface area contributed by atoms with E-state index in [0.717, 1.165) is 19.6 Å². The highest BCUT2D eigenvalue weighted by atomic mass is 32.1. The van der Waals surface area contributed by atoms with Gasteiger partial charge in [0.2, 0.25) is 0 Å². The van der Waals surface area contributed by atoms with Crippen molar-refractivity contribution in [2.24, 2.45) is 0 Å². The van der Waals surface area contributed by atoms with Gasteiger partial charge >= 0.3 is 0 Å². The van der Waals surface area contributed by atoms with Crippen molar-refractivity contribution < 1.29 is 4.74 Å². The number of methoxy groups -OCH3 is 1. The first kappa shape index (κ1) is 9.19. The normalized spacial score (nSPS) is 21.4. The smallest absolute Gasteiger partial charge is 0.0903 e. The predicted octanol–water partition coefficient (Wildman–Crippen LogP) is 1.97. The van der Waals surface area contributed by atoms with Crippen LogP contribution in [-0.2, 0) is 11.3 Å². The Morgan fingerprint density at radius 1 is 1.62 bits per heavy atom. The van der Waals surface area contributed by atoms with E-state index in [2.05, 4.69) is 29.3 Å². The van der Waals surface area contributed by atoms with Crippen LogP contribution in [0.3, 0.4) is 0 Å². The molecule has 1 aliphatic heterocycles. The summed E-state index contributed by atoms with van der Waals surface area (Å²) in [5.41, 5.74) is 0.108. The molecule has 0 bridgehead atoms. The molecule has 2 rings (SSSR count). The van der Waals surface area contributed by atoms with Gasteiger partial charge in [0.1, 0.15) is 0 Å². The lowest BCUT2D eigenvalue weighted by Crippen LogP contribution is -2.60. The number of rotatable bonds is 3. The molecule has 72 valence electrons. The summed E-state index contributed by atoms with van der Waals surface area (Å²) in [6.45, 7) is 5.36. The van der Waals surface area contributed by atoms with Crippen molar-refractivity contribution in [1.29, 1.82) is 0 Å². The summed E-state index contributed by atoms with van der Waals surface area (Å²) in [6, 6.07) is 4.29. The molecular formula is C10H15NOS. The minimum atomic E-state index is 0.108. The van der Waals surface area contributed by atoms with Gasteiger partial charge in [-0.2, -0.15) is 0 Å². The van der Waals surface area contributed by atoms with E-state index < -0.39 is 0 Å². The zero-order valence-corrected chi connectivity index (χ0v) is 8.93. The fourth-order valence-electron chi connectivity index (χ4n) is 1.76. The first-order valence-corrected chi connectivity index (χ1v) is 5.40. The maximum atomic E-state index is 5.38. The molecule has 0 radical (unpaired) electrons. The molecule has 0 saturated carbocycles. The van der Waals surface area contributed by atoms with Crippen LogP contribution in [0.15, 0.2) is 17.5 Å². The average Bonchev–Trinajstić information content (AvgIpc) is 2.54. The summed E-state index contributed by atoms with van der Waals surface area (Å²) < 4.78 is 5.38. The lowest BCUT2D eigenvalue weighted by Gasteiger charge is -2.46. The molecule has 1 aromatic heterocycles. The van der Waals surface area contributed by atoms with Crippen molar-refractivity contribution in [1.82, 2.24) is 4.90 Å². The second-order valence-electron chi connectivity index (χ2n) is 3.88.